The maximum absolute atomic E-state index is 11.1. The molecule has 1 heterocycles. The van der Waals surface area contributed by atoms with Crippen molar-refractivity contribution in [1.82, 2.24) is 9.55 Å². The number of ether oxygens (including phenoxy) is 1. The van der Waals surface area contributed by atoms with Gasteiger partial charge >= 0.3 is 11.7 Å². The Bertz CT molecular complexity index is 431. The van der Waals surface area contributed by atoms with E-state index < -0.39 is 17.2 Å². The van der Waals surface area contributed by atoms with Gasteiger partial charge in [-0.3, -0.25) is 19.1 Å². The van der Waals surface area contributed by atoms with Crippen LogP contribution in [0, 0.1) is 0 Å². The minimum atomic E-state index is -0.510. The summed E-state index contributed by atoms with van der Waals surface area (Å²) in [7, 11) is 0. The van der Waals surface area contributed by atoms with Crippen LogP contribution in [0.15, 0.2) is 21.9 Å². The molecule has 1 N–H and O–H groups in total. The average Bonchev–Trinajstić information content (AvgIpc) is 2.08. The molecule has 0 spiro atoms. The summed E-state index contributed by atoms with van der Waals surface area (Å²) in [6.45, 7) is 1.63. The topological polar surface area (TPSA) is 81.2 Å². The van der Waals surface area contributed by atoms with Gasteiger partial charge in [-0.2, -0.15) is 0 Å². The molecule has 1 rings (SSSR count). The highest BCUT2D eigenvalue weighted by Crippen LogP contribution is 1.80. The predicted molar refractivity (Wildman–Crippen MR) is 48.0 cm³/mol. The third kappa shape index (κ3) is 2.89. The van der Waals surface area contributed by atoms with Crippen LogP contribution in [0.2, 0.25) is 0 Å². The standard InChI is InChI=1S/C8H10N2O4/c1-6(11)14-5-4-10-3-2-7(12)9-8(10)13/h2-3H,4-5H2,1H3,(H,9,12,13). The van der Waals surface area contributed by atoms with Crippen molar-refractivity contribution in [3.63, 3.8) is 0 Å². The van der Waals surface area contributed by atoms with Gasteiger partial charge in [0.15, 0.2) is 0 Å². The Labute approximate surface area is 79.1 Å². The fourth-order valence-corrected chi connectivity index (χ4v) is 0.908. The largest absolute Gasteiger partial charge is 0.464 e. The Morgan fingerprint density at radius 1 is 1.57 bits per heavy atom. The van der Waals surface area contributed by atoms with Crippen LogP contribution in [0.5, 0.6) is 0 Å². The molecule has 0 fully saturated rings. The summed E-state index contributed by atoms with van der Waals surface area (Å²) < 4.78 is 5.89. The van der Waals surface area contributed by atoms with Crippen LogP contribution in [0.3, 0.4) is 0 Å². The number of H-pyrrole nitrogens is 1. The summed E-state index contributed by atoms with van der Waals surface area (Å²) in [5, 5.41) is 0. The molecule has 6 nitrogen and oxygen atoms in total. The summed E-state index contributed by atoms with van der Waals surface area (Å²) >= 11 is 0. The molecule has 0 aromatic carbocycles. The molecule has 1 aromatic rings. The number of hydrogen-bond donors (Lipinski definition) is 1. The molecule has 0 aliphatic heterocycles. The lowest BCUT2D eigenvalue weighted by Gasteiger charge is -2.03. The van der Waals surface area contributed by atoms with Gasteiger partial charge in [-0.05, 0) is 0 Å². The van der Waals surface area contributed by atoms with E-state index in [1.807, 2.05) is 0 Å². The number of carbonyl (C=O) groups excluding carboxylic acids is 1. The molecule has 0 saturated carbocycles. The van der Waals surface area contributed by atoms with E-state index in [1.54, 1.807) is 0 Å². The van der Waals surface area contributed by atoms with Crippen molar-refractivity contribution in [2.45, 2.75) is 13.5 Å². The van der Waals surface area contributed by atoms with Gasteiger partial charge in [0.05, 0.1) is 6.54 Å². The number of nitrogens with one attached hydrogen (secondary N) is 1. The molecule has 76 valence electrons. The van der Waals surface area contributed by atoms with Gasteiger partial charge in [0, 0.05) is 19.2 Å². The normalized spacial score (nSPS) is 9.79. The second-order valence-electron chi connectivity index (χ2n) is 2.64. The van der Waals surface area contributed by atoms with E-state index in [-0.39, 0.29) is 13.2 Å². The number of aromatic nitrogens is 2. The fraction of sp³-hybridized carbons (Fsp3) is 0.375. The molecule has 0 aliphatic carbocycles. The van der Waals surface area contributed by atoms with Gasteiger partial charge in [-0.25, -0.2) is 4.79 Å². The van der Waals surface area contributed by atoms with Crippen LogP contribution in [0.4, 0.5) is 0 Å². The lowest BCUT2D eigenvalue weighted by molar-refractivity contribution is -0.141. The summed E-state index contributed by atoms with van der Waals surface area (Å²) in [4.78, 5) is 34.2. The van der Waals surface area contributed by atoms with Crippen molar-refractivity contribution in [3.8, 4) is 0 Å². The molecule has 1 aromatic heterocycles. The molecular formula is C8H10N2O4. The summed E-state index contributed by atoms with van der Waals surface area (Å²) in [5.74, 6) is -0.400. The first-order chi connectivity index (χ1) is 6.59. The molecule has 0 bridgehead atoms. The van der Waals surface area contributed by atoms with Gasteiger partial charge in [-0.1, -0.05) is 0 Å². The third-order valence-electron chi connectivity index (χ3n) is 1.53. The number of nitrogens with zero attached hydrogens (tertiary/aromatic N) is 1. The zero-order valence-electron chi connectivity index (χ0n) is 7.65. The number of hydrogen-bond acceptors (Lipinski definition) is 4. The Hall–Kier alpha value is -1.85. The first kappa shape index (κ1) is 10.2. The van der Waals surface area contributed by atoms with E-state index in [2.05, 4.69) is 9.72 Å². The Morgan fingerprint density at radius 2 is 2.29 bits per heavy atom. The highest BCUT2D eigenvalue weighted by atomic mass is 16.5. The number of esters is 1. The van der Waals surface area contributed by atoms with Crippen molar-refractivity contribution < 1.29 is 9.53 Å². The molecule has 6 heteroatoms. The van der Waals surface area contributed by atoms with Crippen LogP contribution in [0.1, 0.15) is 6.92 Å². The first-order valence-corrected chi connectivity index (χ1v) is 4.03. The SMILES string of the molecule is CC(=O)OCCn1ccc(=O)[nH]c1=O. The summed E-state index contributed by atoms with van der Waals surface area (Å²) in [6.07, 6.45) is 1.35. The minimum Gasteiger partial charge on any atom is -0.464 e. The lowest BCUT2D eigenvalue weighted by atomic mass is 10.6. The van der Waals surface area contributed by atoms with Crippen molar-refractivity contribution in [2.24, 2.45) is 0 Å². The predicted octanol–water partition coefficient (Wildman–Crippen LogP) is -0.900. The van der Waals surface area contributed by atoms with Crippen LogP contribution >= 0.6 is 0 Å². The quantitative estimate of drug-likeness (QED) is 0.638. The van der Waals surface area contributed by atoms with Gasteiger partial charge in [-0.15, -0.1) is 0 Å². The van der Waals surface area contributed by atoms with Gasteiger partial charge in [0.1, 0.15) is 6.61 Å². The highest BCUT2D eigenvalue weighted by molar-refractivity contribution is 5.65. The molecule has 14 heavy (non-hydrogen) atoms. The number of rotatable bonds is 3. The van der Waals surface area contributed by atoms with Gasteiger partial charge in [0.2, 0.25) is 0 Å². The number of aromatic amines is 1. The zero-order chi connectivity index (χ0) is 10.6. The van der Waals surface area contributed by atoms with Crippen LogP contribution in [-0.2, 0) is 16.1 Å². The van der Waals surface area contributed by atoms with E-state index in [9.17, 15) is 14.4 Å². The van der Waals surface area contributed by atoms with Crippen molar-refractivity contribution in [2.75, 3.05) is 6.61 Å². The first-order valence-electron chi connectivity index (χ1n) is 4.03. The zero-order valence-corrected chi connectivity index (χ0v) is 7.65. The van der Waals surface area contributed by atoms with Crippen molar-refractivity contribution >= 4 is 5.97 Å². The van der Waals surface area contributed by atoms with Gasteiger partial charge < -0.3 is 4.74 Å². The number of carbonyl (C=O) groups is 1. The van der Waals surface area contributed by atoms with E-state index in [4.69, 9.17) is 0 Å². The van der Waals surface area contributed by atoms with E-state index in [0.29, 0.717) is 0 Å². The lowest BCUT2D eigenvalue weighted by Crippen LogP contribution is -2.29. The average molecular weight is 198 g/mol. The second kappa shape index (κ2) is 4.40. The van der Waals surface area contributed by atoms with Gasteiger partial charge in [0.25, 0.3) is 5.56 Å². The summed E-state index contributed by atoms with van der Waals surface area (Å²) in [6, 6.07) is 1.23. The molecule has 0 aliphatic rings. The smallest absolute Gasteiger partial charge is 0.328 e. The maximum atomic E-state index is 11.1. The van der Waals surface area contributed by atoms with Crippen LogP contribution in [0.25, 0.3) is 0 Å². The summed E-state index contributed by atoms with van der Waals surface area (Å²) in [5.41, 5.74) is -0.955. The monoisotopic (exact) mass is 198 g/mol. The van der Waals surface area contributed by atoms with E-state index in [0.717, 1.165) is 0 Å². The fourth-order valence-electron chi connectivity index (χ4n) is 0.908. The Morgan fingerprint density at radius 3 is 2.86 bits per heavy atom. The molecule has 0 amide bonds. The minimum absolute atomic E-state index is 0.112. The molecule has 0 radical (unpaired) electrons. The Kier molecular flexibility index (Phi) is 3.22. The molecule has 0 unspecified atom stereocenters. The highest BCUT2D eigenvalue weighted by Gasteiger charge is 1.97. The van der Waals surface area contributed by atoms with Crippen molar-refractivity contribution in [3.05, 3.63) is 33.1 Å². The van der Waals surface area contributed by atoms with Crippen LogP contribution in [-0.4, -0.2) is 22.1 Å². The van der Waals surface area contributed by atoms with Crippen LogP contribution < -0.4 is 11.2 Å². The maximum Gasteiger partial charge on any atom is 0.328 e. The second-order valence-corrected chi connectivity index (χ2v) is 2.64. The third-order valence-corrected chi connectivity index (χ3v) is 1.53. The van der Waals surface area contributed by atoms with E-state index in [1.165, 1.54) is 23.8 Å². The Balaban J connectivity index is 2.64. The molecule has 0 atom stereocenters. The van der Waals surface area contributed by atoms with E-state index >= 15 is 0 Å². The molecule has 0 saturated heterocycles. The molecular weight excluding hydrogens is 188 g/mol. The van der Waals surface area contributed by atoms with Crippen molar-refractivity contribution in [1.29, 1.82) is 0 Å².